The number of carboxylic acids is 1. The molecule has 0 atom stereocenters. The van der Waals surface area contributed by atoms with Crippen LogP contribution in [0.3, 0.4) is 0 Å². The molecule has 0 amide bonds. The van der Waals surface area contributed by atoms with Gasteiger partial charge in [0.2, 0.25) is 5.60 Å². The molecule has 7 heteroatoms. The van der Waals surface area contributed by atoms with E-state index in [-0.39, 0.29) is 6.10 Å². The fraction of sp³-hybridized carbons (Fsp3) is 0.550. The van der Waals surface area contributed by atoms with E-state index < -0.39 is 11.6 Å². The number of nitrogens with one attached hydrogen (secondary N) is 1. The first kappa shape index (κ1) is 20.5. The fourth-order valence-corrected chi connectivity index (χ4v) is 5.59. The van der Waals surface area contributed by atoms with Gasteiger partial charge >= 0.3 is 5.97 Å². The normalized spacial score (nSPS) is 20.9. The molecule has 1 fully saturated rings. The monoisotopic (exact) mass is 408 g/mol. The molecule has 0 spiro atoms. The summed E-state index contributed by atoms with van der Waals surface area (Å²) >= 11 is 2.89. The minimum atomic E-state index is -1.39. The Kier molecular flexibility index (Phi) is 7.05. The van der Waals surface area contributed by atoms with Crippen molar-refractivity contribution in [2.45, 2.75) is 43.4 Å². The molecular weight excluding hydrogens is 380 g/mol. The Labute approximate surface area is 169 Å². The summed E-state index contributed by atoms with van der Waals surface area (Å²) in [6.07, 6.45) is 3.81. The van der Waals surface area contributed by atoms with Crippen LogP contribution in [0.25, 0.3) is 0 Å². The van der Waals surface area contributed by atoms with Gasteiger partial charge < -0.3 is 20.1 Å². The number of ether oxygens (including phenoxy) is 1. The average Bonchev–Trinajstić information content (AvgIpc) is 3.38. The zero-order valence-electron chi connectivity index (χ0n) is 15.9. The van der Waals surface area contributed by atoms with E-state index in [4.69, 9.17) is 4.74 Å². The maximum atomic E-state index is 12.5. The summed E-state index contributed by atoms with van der Waals surface area (Å²) in [5.41, 5.74) is -1.39. The maximum Gasteiger partial charge on any atom is 0.347 e. The fourth-order valence-electron chi connectivity index (χ4n) is 3.78. The van der Waals surface area contributed by atoms with Gasteiger partial charge in [0.05, 0.1) is 15.9 Å². The smallest absolute Gasteiger partial charge is 0.347 e. The van der Waals surface area contributed by atoms with E-state index in [0.717, 1.165) is 48.5 Å². The van der Waals surface area contributed by atoms with Crippen LogP contribution < -0.4 is 5.32 Å². The molecule has 0 unspecified atom stereocenters. The number of thiophene rings is 2. The Morgan fingerprint density at radius 2 is 1.81 bits per heavy atom. The zero-order valence-corrected chi connectivity index (χ0v) is 17.5. The van der Waals surface area contributed by atoms with Crippen molar-refractivity contribution in [3.8, 4) is 0 Å². The van der Waals surface area contributed by atoms with Crippen LogP contribution in [0, 0.1) is 0 Å². The lowest BCUT2D eigenvalue weighted by molar-refractivity contribution is -0.170. The molecule has 3 rings (SSSR count). The van der Waals surface area contributed by atoms with Gasteiger partial charge in [0.25, 0.3) is 0 Å². The van der Waals surface area contributed by atoms with Crippen molar-refractivity contribution in [2.75, 3.05) is 27.2 Å². The van der Waals surface area contributed by atoms with Gasteiger partial charge in [-0.15, -0.1) is 22.7 Å². The van der Waals surface area contributed by atoms with Crippen LogP contribution >= 0.6 is 22.7 Å². The van der Waals surface area contributed by atoms with Crippen LogP contribution in [0.15, 0.2) is 35.0 Å². The molecule has 27 heavy (non-hydrogen) atoms. The first-order chi connectivity index (χ1) is 13.1. The number of carboxylic acid groups (broad SMARTS) is 1. The topological polar surface area (TPSA) is 61.8 Å². The SMILES string of the molecule is CNCCN(C)C1CCC(OC(C(=O)O)(c2cccs2)c2cccs2)CC1. The minimum Gasteiger partial charge on any atom is -0.479 e. The summed E-state index contributed by atoms with van der Waals surface area (Å²) in [6, 6.07) is 8.07. The van der Waals surface area contributed by atoms with Crippen molar-refractivity contribution in [1.82, 2.24) is 10.2 Å². The first-order valence-electron chi connectivity index (χ1n) is 9.42. The molecule has 2 N–H and O–H groups in total. The summed E-state index contributed by atoms with van der Waals surface area (Å²) < 4.78 is 6.43. The number of nitrogens with zero attached hydrogens (tertiary/aromatic N) is 1. The molecule has 0 aliphatic heterocycles. The molecule has 2 heterocycles. The van der Waals surface area contributed by atoms with Crippen LogP contribution in [-0.4, -0.2) is 55.3 Å². The zero-order chi connectivity index (χ0) is 19.3. The highest BCUT2D eigenvalue weighted by molar-refractivity contribution is 7.12. The van der Waals surface area contributed by atoms with Crippen molar-refractivity contribution in [3.05, 3.63) is 44.8 Å². The van der Waals surface area contributed by atoms with Gasteiger partial charge in [-0.3, -0.25) is 0 Å². The van der Waals surface area contributed by atoms with E-state index >= 15 is 0 Å². The lowest BCUT2D eigenvalue weighted by Crippen LogP contribution is -2.45. The Morgan fingerprint density at radius 1 is 1.22 bits per heavy atom. The maximum absolute atomic E-state index is 12.5. The van der Waals surface area contributed by atoms with Crippen LogP contribution in [0.2, 0.25) is 0 Å². The molecule has 0 saturated heterocycles. The van der Waals surface area contributed by atoms with Gasteiger partial charge in [-0.1, -0.05) is 12.1 Å². The van der Waals surface area contributed by atoms with Crippen molar-refractivity contribution in [3.63, 3.8) is 0 Å². The third-order valence-electron chi connectivity index (χ3n) is 5.36. The molecule has 2 aromatic rings. The molecule has 0 aromatic carbocycles. The van der Waals surface area contributed by atoms with E-state index in [9.17, 15) is 9.90 Å². The summed E-state index contributed by atoms with van der Waals surface area (Å²) in [7, 11) is 4.14. The lowest BCUT2D eigenvalue weighted by Gasteiger charge is -2.38. The minimum absolute atomic E-state index is 0.0424. The van der Waals surface area contributed by atoms with Gasteiger partial charge in [0.15, 0.2) is 0 Å². The largest absolute Gasteiger partial charge is 0.479 e. The molecular formula is C20H28N2O3S2. The number of hydrogen-bond acceptors (Lipinski definition) is 6. The van der Waals surface area contributed by atoms with Gasteiger partial charge in [-0.25, -0.2) is 4.79 Å². The van der Waals surface area contributed by atoms with E-state index in [0.29, 0.717) is 6.04 Å². The van der Waals surface area contributed by atoms with Gasteiger partial charge in [0.1, 0.15) is 0 Å². The number of carbonyl (C=O) groups is 1. The van der Waals surface area contributed by atoms with Crippen LogP contribution in [0.4, 0.5) is 0 Å². The van der Waals surface area contributed by atoms with E-state index in [1.807, 2.05) is 42.1 Å². The van der Waals surface area contributed by atoms with Crippen LogP contribution in [-0.2, 0) is 15.1 Å². The van der Waals surface area contributed by atoms with E-state index in [1.165, 1.54) is 22.7 Å². The average molecular weight is 409 g/mol. The second-order valence-corrected chi connectivity index (χ2v) is 8.97. The van der Waals surface area contributed by atoms with Crippen LogP contribution in [0.1, 0.15) is 35.4 Å². The molecule has 0 bridgehead atoms. The Hall–Kier alpha value is -1.25. The number of likely N-dealkylation sites (N-methyl/N-ethyl adjacent to an activating group) is 2. The molecule has 1 aliphatic rings. The highest BCUT2D eigenvalue weighted by Crippen LogP contribution is 2.42. The molecule has 1 aliphatic carbocycles. The molecule has 148 valence electrons. The highest BCUT2D eigenvalue weighted by Gasteiger charge is 2.48. The van der Waals surface area contributed by atoms with Crippen molar-refractivity contribution in [2.24, 2.45) is 0 Å². The third kappa shape index (κ3) is 4.43. The number of aliphatic carboxylic acids is 1. The van der Waals surface area contributed by atoms with Crippen molar-refractivity contribution < 1.29 is 14.6 Å². The highest BCUT2D eigenvalue weighted by atomic mass is 32.1. The summed E-state index contributed by atoms with van der Waals surface area (Å²) in [5, 5.41) is 17.2. The molecule has 0 radical (unpaired) electrons. The van der Waals surface area contributed by atoms with Gasteiger partial charge in [-0.05, 0) is 62.7 Å². The number of rotatable bonds is 9. The first-order valence-corrected chi connectivity index (χ1v) is 11.2. The quantitative estimate of drug-likeness (QED) is 0.664. The summed E-state index contributed by atoms with van der Waals surface area (Å²) in [6.45, 7) is 2.00. The molecule has 5 nitrogen and oxygen atoms in total. The van der Waals surface area contributed by atoms with E-state index in [1.54, 1.807) is 0 Å². The Balaban J connectivity index is 1.74. The van der Waals surface area contributed by atoms with Crippen LogP contribution in [0.5, 0.6) is 0 Å². The predicted molar refractivity (Wildman–Crippen MR) is 111 cm³/mol. The van der Waals surface area contributed by atoms with Gasteiger partial charge in [0, 0.05) is 19.1 Å². The van der Waals surface area contributed by atoms with Crippen molar-refractivity contribution in [1.29, 1.82) is 0 Å². The Bertz CT molecular complexity index is 661. The standard InChI is InChI=1S/C20H28N2O3S2/c1-21-11-12-22(2)15-7-9-16(10-8-15)25-20(19(23)24,17-5-3-13-26-17)18-6-4-14-27-18/h3-6,13-16,21H,7-12H2,1-2H3,(H,23,24). The van der Waals surface area contributed by atoms with Crippen molar-refractivity contribution >= 4 is 28.6 Å². The Morgan fingerprint density at radius 3 is 2.26 bits per heavy atom. The molecule has 2 aromatic heterocycles. The van der Waals surface area contributed by atoms with E-state index in [2.05, 4.69) is 17.3 Å². The molecule has 1 saturated carbocycles. The number of hydrogen-bond donors (Lipinski definition) is 2. The lowest BCUT2D eigenvalue weighted by atomic mass is 9.90. The van der Waals surface area contributed by atoms with Gasteiger partial charge in [-0.2, -0.15) is 0 Å². The summed E-state index contributed by atoms with van der Waals surface area (Å²) in [5.74, 6) is -0.930. The summed E-state index contributed by atoms with van der Waals surface area (Å²) in [4.78, 5) is 16.3. The third-order valence-corrected chi connectivity index (χ3v) is 7.30. The second-order valence-electron chi connectivity index (χ2n) is 7.07. The second kappa shape index (κ2) is 9.30. The predicted octanol–water partition coefficient (Wildman–Crippen LogP) is 3.62.